The van der Waals surface area contributed by atoms with Gasteiger partial charge < -0.3 is 10.1 Å². The van der Waals surface area contributed by atoms with Gasteiger partial charge in [-0.2, -0.15) is 5.26 Å². The van der Waals surface area contributed by atoms with Crippen molar-refractivity contribution in [2.45, 2.75) is 46.1 Å². The minimum absolute atomic E-state index is 0.00291. The molecular formula is C18H24N2O2. The third kappa shape index (κ3) is 6.45. The van der Waals surface area contributed by atoms with Gasteiger partial charge in [0, 0.05) is 6.04 Å². The Morgan fingerprint density at radius 2 is 2.00 bits per heavy atom. The highest BCUT2D eigenvalue weighted by Crippen LogP contribution is 2.15. The predicted molar refractivity (Wildman–Crippen MR) is 88.3 cm³/mol. The molecule has 4 nitrogen and oxygen atoms in total. The number of nitriles is 1. The first-order valence-corrected chi connectivity index (χ1v) is 7.72. The minimum atomic E-state index is -0.350. The minimum Gasteiger partial charge on any atom is -0.494 e. The number of nitrogens with one attached hydrogen (secondary N) is 1. The van der Waals surface area contributed by atoms with E-state index in [2.05, 4.69) is 12.2 Å². The molecule has 0 heterocycles. The molecule has 22 heavy (non-hydrogen) atoms. The second-order valence-electron chi connectivity index (χ2n) is 5.42. The van der Waals surface area contributed by atoms with Crippen LogP contribution < -0.4 is 10.1 Å². The number of carbonyl (C=O) groups is 1. The summed E-state index contributed by atoms with van der Waals surface area (Å²) in [5.41, 5.74) is 0.904. The lowest BCUT2D eigenvalue weighted by Gasteiger charge is -2.07. The molecule has 1 aromatic carbocycles. The Balaban J connectivity index is 2.66. The average Bonchev–Trinajstić information content (AvgIpc) is 2.49. The fraction of sp³-hybridized carbons (Fsp3) is 0.444. The first-order chi connectivity index (χ1) is 10.6. The topological polar surface area (TPSA) is 62.1 Å². The number of ether oxygens (including phenoxy) is 1. The molecule has 0 spiro atoms. The van der Waals surface area contributed by atoms with Crippen LogP contribution in [-0.2, 0) is 4.79 Å². The predicted octanol–water partition coefficient (Wildman–Crippen LogP) is 3.69. The Hall–Kier alpha value is -2.28. The summed E-state index contributed by atoms with van der Waals surface area (Å²) >= 11 is 0. The molecule has 1 aromatic rings. The van der Waals surface area contributed by atoms with Crippen molar-refractivity contribution in [3.8, 4) is 11.8 Å². The lowest BCUT2D eigenvalue weighted by atomic mass is 10.1. The van der Waals surface area contributed by atoms with Crippen molar-refractivity contribution in [2.24, 2.45) is 0 Å². The van der Waals surface area contributed by atoms with E-state index >= 15 is 0 Å². The van der Waals surface area contributed by atoms with Crippen LogP contribution in [0.1, 0.15) is 45.6 Å². The number of unbranched alkanes of at least 4 members (excludes halogenated alkanes) is 2. The van der Waals surface area contributed by atoms with Crippen LogP contribution in [0.4, 0.5) is 0 Å². The zero-order chi connectivity index (χ0) is 16.4. The van der Waals surface area contributed by atoms with E-state index in [9.17, 15) is 4.79 Å². The molecule has 0 fully saturated rings. The van der Waals surface area contributed by atoms with Gasteiger partial charge in [0.05, 0.1) is 6.61 Å². The Morgan fingerprint density at radius 3 is 2.55 bits per heavy atom. The third-order valence-electron chi connectivity index (χ3n) is 2.99. The van der Waals surface area contributed by atoms with Gasteiger partial charge in [0.15, 0.2) is 0 Å². The summed E-state index contributed by atoms with van der Waals surface area (Å²) in [7, 11) is 0. The maximum absolute atomic E-state index is 11.8. The highest BCUT2D eigenvalue weighted by Gasteiger charge is 2.09. The van der Waals surface area contributed by atoms with Gasteiger partial charge in [-0.1, -0.05) is 31.9 Å². The van der Waals surface area contributed by atoms with Gasteiger partial charge in [0.2, 0.25) is 0 Å². The SMILES string of the molecule is CCCCCOc1ccc(/C=C(\C#N)C(=O)NC(C)C)cc1. The number of hydrogen-bond donors (Lipinski definition) is 1. The van der Waals surface area contributed by atoms with Crippen LogP contribution >= 0.6 is 0 Å². The molecule has 0 saturated heterocycles. The first kappa shape index (κ1) is 17.8. The van der Waals surface area contributed by atoms with Crippen LogP contribution in [0, 0.1) is 11.3 Å². The summed E-state index contributed by atoms with van der Waals surface area (Å²) in [5.74, 6) is 0.454. The Kier molecular flexibility index (Phi) is 7.77. The monoisotopic (exact) mass is 300 g/mol. The number of nitrogens with zero attached hydrogens (tertiary/aromatic N) is 1. The Bertz CT molecular complexity index is 539. The first-order valence-electron chi connectivity index (χ1n) is 7.72. The molecule has 0 saturated carbocycles. The van der Waals surface area contributed by atoms with Gasteiger partial charge in [-0.25, -0.2) is 0 Å². The lowest BCUT2D eigenvalue weighted by Crippen LogP contribution is -2.30. The van der Waals surface area contributed by atoms with Gasteiger partial charge in [0.1, 0.15) is 17.4 Å². The summed E-state index contributed by atoms with van der Waals surface area (Å²) in [6, 6.07) is 9.33. The van der Waals surface area contributed by atoms with Crippen LogP contribution in [0.2, 0.25) is 0 Å². The van der Waals surface area contributed by atoms with Gasteiger partial charge in [-0.05, 0) is 44.0 Å². The van der Waals surface area contributed by atoms with Crippen molar-refractivity contribution in [3.05, 3.63) is 35.4 Å². The molecule has 0 aliphatic heterocycles. The number of carbonyl (C=O) groups excluding carboxylic acids is 1. The van der Waals surface area contributed by atoms with Crippen molar-refractivity contribution < 1.29 is 9.53 Å². The van der Waals surface area contributed by atoms with Gasteiger partial charge in [0.25, 0.3) is 5.91 Å². The summed E-state index contributed by atoms with van der Waals surface area (Å²) in [6.07, 6.45) is 4.96. The maximum atomic E-state index is 11.8. The molecule has 4 heteroatoms. The van der Waals surface area contributed by atoms with E-state index in [1.165, 1.54) is 6.42 Å². The van der Waals surface area contributed by atoms with Crippen LogP contribution in [0.25, 0.3) is 6.08 Å². The van der Waals surface area contributed by atoms with E-state index in [4.69, 9.17) is 10.00 Å². The van der Waals surface area contributed by atoms with Crippen molar-refractivity contribution in [3.63, 3.8) is 0 Å². The maximum Gasteiger partial charge on any atom is 0.262 e. The molecule has 0 bridgehead atoms. The van der Waals surface area contributed by atoms with Crippen LogP contribution in [0.5, 0.6) is 5.75 Å². The quantitative estimate of drug-likeness (QED) is 0.452. The molecule has 0 aliphatic rings. The van der Waals surface area contributed by atoms with Crippen LogP contribution in [-0.4, -0.2) is 18.6 Å². The molecule has 0 atom stereocenters. The highest BCUT2D eigenvalue weighted by molar-refractivity contribution is 6.01. The number of hydrogen-bond acceptors (Lipinski definition) is 3. The largest absolute Gasteiger partial charge is 0.494 e. The van der Waals surface area contributed by atoms with Crippen molar-refractivity contribution in [2.75, 3.05) is 6.61 Å². The van der Waals surface area contributed by atoms with Gasteiger partial charge in [-0.15, -0.1) is 0 Å². The standard InChI is InChI=1S/C18H24N2O2/c1-4-5-6-11-22-17-9-7-15(8-10-17)12-16(13-19)18(21)20-14(2)3/h7-10,12,14H,4-6,11H2,1-3H3,(H,20,21)/b16-12+. The zero-order valence-corrected chi connectivity index (χ0v) is 13.6. The zero-order valence-electron chi connectivity index (χ0n) is 13.6. The molecular weight excluding hydrogens is 276 g/mol. The molecule has 0 unspecified atom stereocenters. The third-order valence-corrected chi connectivity index (χ3v) is 2.99. The van der Waals surface area contributed by atoms with E-state index in [0.717, 1.165) is 24.2 Å². The van der Waals surface area contributed by atoms with Crippen molar-refractivity contribution >= 4 is 12.0 Å². The van der Waals surface area contributed by atoms with Gasteiger partial charge >= 0.3 is 0 Å². The molecule has 1 rings (SSSR count). The van der Waals surface area contributed by atoms with E-state index in [1.54, 1.807) is 6.08 Å². The fourth-order valence-electron chi connectivity index (χ4n) is 1.86. The average molecular weight is 300 g/mol. The smallest absolute Gasteiger partial charge is 0.262 e. The fourth-order valence-corrected chi connectivity index (χ4v) is 1.86. The van der Waals surface area contributed by atoms with Crippen LogP contribution in [0.15, 0.2) is 29.8 Å². The number of amides is 1. The molecule has 0 aliphatic carbocycles. The van der Waals surface area contributed by atoms with Crippen molar-refractivity contribution in [1.82, 2.24) is 5.32 Å². The van der Waals surface area contributed by atoms with Gasteiger partial charge in [-0.3, -0.25) is 4.79 Å². The van der Waals surface area contributed by atoms with E-state index < -0.39 is 0 Å². The number of rotatable bonds is 8. The van der Waals surface area contributed by atoms with E-state index in [1.807, 2.05) is 44.2 Å². The number of benzene rings is 1. The van der Waals surface area contributed by atoms with Crippen LogP contribution in [0.3, 0.4) is 0 Å². The summed E-state index contributed by atoms with van der Waals surface area (Å²) in [4.78, 5) is 11.8. The molecule has 1 N–H and O–H groups in total. The van der Waals surface area contributed by atoms with Crippen molar-refractivity contribution in [1.29, 1.82) is 5.26 Å². The summed E-state index contributed by atoms with van der Waals surface area (Å²) in [5, 5.41) is 11.8. The molecule has 0 aromatic heterocycles. The second kappa shape index (κ2) is 9.62. The Morgan fingerprint density at radius 1 is 1.32 bits per heavy atom. The normalized spacial score (nSPS) is 11.1. The Labute approximate surface area is 132 Å². The molecule has 0 radical (unpaired) electrons. The molecule has 118 valence electrons. The second-order valence-corrected chi connectivity index (χ2v) is 5.42. The highest BCUT2D eigenvalue weighted by atomic mass is 16.5. The lowest BCUT2D eigenvalue weighted by molar-refractivity contribution is -0.117. The van der Waals surface area contributed by atoms with E-state index in [-0.39, 0.29) is 17.5 Å². The van der Waals surface area contributed by atoms with E-state index in [0.29, 0.717) is 6.61 Å². The summed E-state index contributed by atoms with van der Waals surface area (Å²) < 4.78 is 5.63. The molecule has 1 amide bonds. The summed E-state index contributed by atoms with van der Waals surface area (Å²) in [6.45, 7) is 6.59.